The van der Waals surface area contributed by atoms with Crippen LogP contribution in [-0.2, 0) is 0 Å². The van der Waals surface area contributed by atoms with Gasteiger partial charge in [0, 0.05) is 25.1 Å². The average Bonchev–Trinajstić information content (AvgIpc) is 3.40. The largest absolute Gasteiger partial charge is 0.467 e. The van der Waals surface area contributed by atoms with Crippen LogP contribution in [0.25, 0.3) is 0 Å². The van der Waals surface area contributed by atoms with E-state index in [2.05, 4.69) is 10.4 Å². The molecule has 1 N–H and O–H groups in total. The first kappa shape index (κ1) is 20.2. The maximum absolute atomic E-state index is 13.9. The van der Waals surface area contributed by atoms with Gasteiger partial charge in [0.2, 0.25) is 0 Å². The number of amides is 1. The molecule has 0 radical (unpaired) electrons. The fourth-order valence-corrected chi connectivity index (χ4v) is 7.22. The number of halogens is 3. The van der Waals surface area contributed by atoms with Gasteiger partial charge >= 0.3 is 6.18 Å². The van der Waals surface area contributed by atoms with E-state index < -0.39 is 18.3 Å². The molecule has 4 saturated carbocycles. The normalized spacial score (nSPS) is 35.4. The molecule has 5 aliphatic rings. The summed E-state index contributed by atoms with van der Waals surface area (Å²) in [6.07, 6.45) is 3.48. The van der Waals surface area contributed by atoms with Gasteiger partial charge in [0.15, 0.2) is 11.7 Å². The van der Waals surface area contributed by atoms with Crippen LogP contribution in [-0.4, -0.2) is 39.4 Å². The lowest BCUT2D eigenvalue weighted by atomic mass is 9.52. The number of fused-ring (bicyclic) bond motifs is 1. The summed E-state index contributed by atoms with van der Waals surface area (Å²) in [5.41, 5.74) is -0.108. The highest BCUT2D eigenvalue weighted by atomic mass is 19.4. The van der Waals surface area contributed by atoms with Gasteiger partial charge in [-0.15, -0.1) is 0 Å². The van der Waals surface area contributed by atoms with Crippen LogP contribution in [0.15, 0.2) is 28.9 Å². The van der Waals surface area contributed by atoms with Crippen LogP contribution in [0.4, 0.5) is 19.0 Å². The second-order valence-corrected chi connectivity index (χ2v) is 10.4. The van der Waals surface area contributed by atoms with Crippen LogP contribution < -0.4 is 5.32 Å². The summed E-state index contributed by atoms with van der Waals surface area (Å²) in [5.74, 6) is 2.34. The van der Waals surface area contributed by atoms with Crippen molar-refractivity contribution in [1.29, 1.82) is 0 Å². The predicted octanol–water partition coefficient (Wildman–Crippen LogP) is 5.18. The van der Waals surface area contributed by atoms with Crippen LogP contribution in [0, 0.1) is 17.8 Å². The molecule has 0 spiro atoms. The second kappa shape index (κ2) is 6.78. The maximum atomic E-state index is 13.9. The fourth-order valence-electron chi connectivity index (χ4n) is 7.22. The first-order valence-electron chi connectivity index (χ1n) is 11.5. The molecule has 3 heterocycles. The Kier molecular flexibility index (Phi) is 4.27. The Bertz CT molecular complexity index is 993. The summed E-state index contributed by atoms with van der Waals surface area (Å²) in [6, 6.07) is 2.32. The lowest BCUT2D eigenvalue weighted by molar-refractivity contribution is -0.174. The van der Waals surface area contributed by atoms with Crippen molar-refractivity contribution in [3.8, 4) is 0 Å². The van der Waals surface area contributed by atoms with Gasteiger partial charge < -0.3 is 14.6 Å². The Hall–Kier alpha value is -2.45. The number of carbonyl (C=O) groups excluding carboxylic acids is 1. The van der Waals surface area contributed by atoms with Gasteiger partial charge in [-0.2, -0.15) is 18.3 Å². The Balaban J connectivity index is 1.31. The minimum Gasteiger partial charge on any atom is -0.467 e. The van der Waals surface area contributed by atoms with Crippen molar-refractivity contribution in [2.75, 3.05) is 12.4 Å². The Morgan fingerprint density at radius 3 is 2.41 bits per heavy atom. The monoisotopic (exact) mass is 448 g/mol. The van der Waals surface area contributed by atoms with Crippen molar-refractivity contribution in [3.63, 3.8) is 0 Å². The molecule has 2 aromatic heterocycles. The van der Waals surface area contributed by atoms with Crippen molar-refractivity contribution >= 4 is 11.7 Å². The van der Waals surface area contributed by atoms with Crippen LogP contribution in [0.2, 0.25) is 0 Å². The molecule has 2 atom stereocenters. The highest BCUT2D eigenvalue weighted by Gasteiger charge is 2.54. The Labute approximate surface area is 184 Å². The van der Waals surface area contributed by atoms with E-state index in [9.17, 15) is 18.0 Å². The molecule has 4 fully saturated rings. The molecule has 2 aromatic rings. The molecule has 7 rings (SSSR count). The SMILES string of the molecule is CN(C(=O)c1cc2n(n1)[C@H](C(F)(F)F)C[C@H](c1ccco1)N2)C12CC3CC(CC(C3)C1)C2. The van der Waals surface area contributed by atoms with Gasteiger partial charge in [0.05, 0.1) is 12.3 Å². The predicted molar refractivity (Wildman–Crippen MR) is 110 cm³/mol. The fraction of sp³-hybridized carbons (Fsp3) is 0.652. The number of nitrogens with zero attached hydrogens (tertiary/aromatic N) is 3. The third-order valence-electron chi connectivity index (χ3n) is 8.32. The highest BCUT2D eigenvalue weighted by Crippen LogP contribution is 2.57. The van der Waals surface area contributed by atoms with Crippen LogP contribution >= 0.6 is 0 Å². The van der Waals surface area contributed by atoms with E-state index in [0.717, 1.165) is 23.9 Å². The minimum absolute atomic E-state index is 0.0695. The average molecular weight is 448 g/mol. The van der Waals surface area contributed by atoms with E-state index in [1.807, 2.05) is 7.05 Å². The van der Waals surface area contributed by atoms with Gasteiger partial charge in [-0.05, 0) is 68.4 Å². The van der Waals surface area contributed by atoms with Gasteiger partial charge in [0.25, 0.3) is 5.91 Å². The zero-order valence-corrected chi connectivity index (χ0v) is 17.9. The molecule has 6 nitrogen and oxygen atoms in total. The number of anilines is 1. The van der Waals surface area contributed by atoms with Crippen molar-refractivity contribution < 1.29 is 22.4 Å². The van der Waals surface area contributed by atoms with Crippen molar-refractivity contribution in [2.45, 2.75) is 68.7 Å². The Morgan fingerprint density at radius 1 is 1.19 bits per heavy atom. The molecule has 32 heavy (non-hydrogen) atoms. The molecule has 0 unspecified atom stereocenters. The first-order chi connectivity index (χ1) is 15.2. The lowest BCUT2D eigenvalue weighted by Gasteiger charge is -2.59. The molecule has 4 bridgehead atoms. The van der Waals surface area contributed by atoms with E-state index in [1.165, 1.54) is 31.6 Å². The maximum Gasteiger partial charge on any atom is 0.410 e. The molecule has 0 aromatic carbocycles. The number of furan rings is 1. The zero-order valence-electron chi connectivity index (χ0n) is 17.9. The number of aromatic nitrogens is 2. The number of nitrogens with one attached hydrogen (secondary N) is 1. The quantitative estimate of drug-likeness (QED) is 0.703. The van der Waals surface area contributed by atoms with Gasteiger partial charge in [-0.25, -0.2) is 4.68 Å². The van der Waals surface area contributed by atoms with Gasteiger partial charge in [-0.3, -0.25) is 4.79 Å². The lowest BCUT2D eigenvalue weighted by Crippen LogP contribution is -2.60. The number of hydrogen-bond acceptors (Lipinski definition) is 4. The number of carbonyl (C=O) groups is 1. The third kappa shape index (κ3) is 3.07. The van der Waals surface area contributed by atoms with Crippen LogP contribution in [0.5, 0.6) is 0 Å². The van der Waals surface area contributed by atoms with Crippen molar-refractivity contribution in [3.05, 3.63) is 35.9 Å². The molecule has 172 valence electrons. The van der Waals surface area contributed by atoms with E-state index >= 15 is 0 Å². The summed E-state index contributed by atoms with van der Waals surface area (Å²) >= 11 is 0. The number of rotatable bonds is 3. The smallest absolute Gasteiger partial charge is 0.410 e. The van der Waals surface area contributed by atoms with Gasteiger partial charge in [-0.1, -0.05) is 0 Å². The summed E-state index contributed by atoms with van der Waals surface area (Å²) in [5, 5.41) is 7.26. The van der Waals surface area contributed by atoms with E-state index in [0.29, 0.717) is 23.5 Å². The molecular formula is C23H27F3N4O2. The standard InChI is InChI=1S/C23H27F3N4O2/c1-29(22-10-13-5-14(11-22)7-15(6-13)12-22)21(31)17-9-20-27-16(18-3-2-4-32-18)8-19(23(24,25)26)30(20)28-17/h2-4,9,13-16,19,27H,5-8,10-12H2,1H3/t13?,14?,15?,16-,19+,22?/m1/s1. The summed E-state index contributed by atoms with van der Waals surface area (Å²) in [7, 11) is 1.81. The Morgan fingerprint density at radius 2 is 1.84 bits per heavy atom. The second-order valence-electron chi connectivity index (χ2n) is 10.4. The van der Waals surface area contributed by atoms with Crippen LogP contribution in [0.1, 0.15) is 73.3 Å². The van der Waals surface area contributed by atoms with Gasteiger partial charge in [0.1, 0.15) is 11.6 Å². The number of hydrogen-bond donors (Lipinski definition) is 1. The molecular weight excluding hydrogens is 421 g/mol. The number of alkyl halides is 3. The van der Waals surface area contributed by atoms with E-state index in [1.54, 1.807) is 17.0 Å². The zero-order chi connectivity index (χ0) is 22.3. The highest BCUT2D eigenvalue weighted by molar-refractivity contribution is 5.93. The van der Waals surface area contributed by atoms with E-state index in [-0.39, 0.29) is 29.4 Å². The summed E-state index contributed by atoms with van der Waals surface area (Å²) in [4.78, 5) is 15.3. The van der Waals surface area contributed by atoms with E-state index in [4.69, 9.17) is 4.42 Å². The molecule has 0 saturated heterocycles. The topological polar surface area (TPSA) is 63.3 Å². The molecule has 4 aliphatic carbocycles. The van der Waals surface area contributed by atoms with Crippen molar-refractivity contribution in [2.24, 2.45) is 17.8 Å². The summed E-state index contributed by atoms with van der Waals surface area (Å²) < 4.78 is 48.0. The molecule has 9 heteroatoms. The van der Waals surface area contributed by atoms with Crippen molar-refractivity contribution in [1.82, 2.24) is 14.7 Å². The molecule has 1 aliphatic heterocycles. The molecule has 1 amide bonds. The first-order valence-corrected chi connectivity index (χ1v) is 11.5. The summed E-state index contributed by atoms with van der Waals surface area (Å²) in [6.45, 7) is 0. The minimum atomic E-state index is -4.49. The van der Waals surface area contributed by atoms with Crippen LogP contribution in [0.3, 0.4) is 0 Å². The third-order valence-corrected chi connectivity index (χ3v) is 8.32.